The van der Waals surface area contributed by atoms with Gasteiger partial charge in [0.2, 0.25) is 11.8 Å². The van der Waals surface area contributed by atoms with Crippen LogP contribution < -0.4 is 5.73 Å². The van der Waals surface area contributed by atoms with Crippen molar-refractivity contribution in [3.05, 3.63) is 29.8 Å². The van der Waals surface area contributed by atoms with Crippen molar-refractivity contribution >= 4 is 29.3 Å². The molecule has 1 heterocycles. The number of nitrogen functional groups attached to an aromatic ring is 1. The number of benzene rings is 1. The average Bonchev–Trinajstić information content (AvgIpc) is 2.29. The number of hydrogen-bond acceptors (Lipinski definition) is 4. The molecule has 0 radical (unpaired) electrons. The minimum Gasteiger partial charge on any atom is -0.399 e. The zero-order valence-electron chi connectivity index (χ0n) is 9.55. The van der Waals surface area contributed by atoms with Gasteiger partial charge in [-0.1, -0.05) is 12.1 Å². The molecule has 1 unspecified atom stereocenters. The van der Waals surface area contributed by atoms with E-state index >= 15 is 0 Å². The zero-order valence-corrected chi connectivity index (χ0v) is 10.4. The first-order valence-corrected chi connectivity index (χ1v) is 6.53. The molecule has 0 aromatic heterocycles. The van der Waals surface area contributed by atoms with Gasteiger partial charge in [-0.2, -0.15) is 0 Å². The highest BCUT2D eigenvalue weighted by molar-refractivity contribution is 8.00. The number of hydrogen-bond donors (Lipinski definition) is 1. The molecule has 90 valence electrons. The van der Waals surface area contributed by atoms with Crippen molar-refractivity contribution in [2.45, 2.75) is 13.0 Å². The molecule has 2 rings (SSSR count). The standard InChI is InChI=1S/C12H14N2O2S/c1-8(9-2-4-10(13)5-3-9)14-11(15)6-17-7-12(14)16/h2-5,8H,6-7,13H2,1H3. The monoisotopic (exact) mass is 250 g/mol. The van der Waals surface area contributed by atoms with E-state index in [2.05, 4.69) is 0 Å². The average molecular weight is 250 g/mol. The minimum atomic E-state index is -0.225. The quantitative estimate of drug-likeness (QED) is 0.637. The Labute approximate surface area is 104 Å². The van der Waals surface area contributed by atoms with E-state index in [1.807, 2.05) is 19.1 Å². The summed E-state index contributed by atoms with van der Waals surface area (Å²) in [6.45, 7) is 1.86. The highest BCUT2D eigenvalue weighted by atomic mass is 32.2. The SMILES string of the molecule is CC(c1ccc(N)cc1)N1C(=O)CSCC1=O. The number of anilines is 1. The van der Waals surface area contributed by atoms with Crippen LogP contribution in [0.25, 0.3) is 0 Å². The van der Waals surface area contributed by atoms with Gasteiger partial charge in [0, 0.05) is 5.69 Å². The van der Waals surface area contributed by atoms with Crippen molar-refractivity contribution in [3.8, 4) is 0 Å². The molecule has 2 amide bonds. The molecule has 1 atom stereocenters. The number of nitrogens with two attached hydrogens (primary N) is 1. The van der Waals surface area contributed by atoms with Crippen LogP contribution in [0.5, 0.6) is 0 Å². The first-order valence-electron chi connectivity index (χ1n) is 5.37. The van der Waals surface area contributed by atoms with Gasteiger partial charge in [-0.3, -0.25) is 14.5 Å². The highest BCUT2D eigenvalue weighted by Crippen LogP contribution is 2.25. The Balaban J connectivity index is 2.23. The number of amides is 2. The molecule has 0 bridgehead atoms. The largest absolute Gasteiger partial charge is 0.399 e. The molecule has 17 heavy (non-hydrogen) atoms. The normalized spacial score (nSPS) is 18.3. The van der Waals surface area contributed by atoms with Gasteiger partial charge in [-0.25, -0.2) is 0 Å². The molecular weight excluding hydrogens is 236 g/mol. The summed E-state index contributed by atoms with van der Waals surface area (Å²) in [7, 11) is 0. The van der Waals surface area contributed by atoms with Gasteiger partial charge in [0.15, 0.2) is 0 Å². The number of rotatable bonds is 2. The summed E-state index contributed by atoms with van der Waals surface area (Å²) in [6, 6.07) is 7.03. The second-order valence-electron chi connectivity index (χ2n) is 3.99. The molecule has 0 spiro atoms. The van der Waals surface area contributed by atoms with E-state index in [4.69, 9.17) is 5.73 Å². The van der Waals surface area contributed by atoms with Crippen molar-refractivity contribution < 1.29 is 9.59 Å². The molecule has 5 heteroatoms. The fourth-order valence-electron chi connectivity index (χ4n) is 1.86. The van der Waals surface area contributed by atoms with Gasteiger partial charge < -0.3 is 5.73 Å². The summed E-state index contributed by atoms with van der Waals surface area (Å²) in [4.78, 5) is 24.8. The third-order valence-electron chi connectivity index (χ3n) is 2.79. The van der Waals surface area contributed by atoms with Crippen LogP contribution in [-0.2, 0) is 9.59 Å². The lowest BCUT2D eigenvalue weighted by atomic mass is 10.1. The van der Waals surface area contributed by atoms with E-state index in [9.17, 15) is 9.59 Å². The summed E-state index contributed by atoms with van der Waals surface area (Å²) < 4.78 is 0. The van der Waals surface area contributed by atoms with E-state index in [1.54, 1.807) is 12.1 Å². The van der Waals surface area contributed by atoms with Crippen LogP contribution in [0.1, 0.15) is 18.5 Å². The van der Waals surface area contributed by atoms with Gasteiger partial charge in [0.25, 0.3) is 0 Å². The molecule has 1 aliphatic heterocycles. The van der Waals surface area contributed by atoms with Crippen molar-refractivity contribution in [1.82, 2.24) is 4.90 Å². The fraction of sp³-hybridized carbons (Fsp3) is 0.333. The molecule has 1 aromatic carbocycles. The number of carbonyl (C=O) groups excluding carboxylic acids is 2. The van der Waals surface area contributed by atoms with E-state index in [1.165, 1.54) is 16.7 Å². The van der Waals surface area contributed by atoms with Gasteiger partial charge in [-0.05, 0) is 24.6 Å². The van der Waals surface area contributed by atoms with Crippen molar-refractivity contribution in [2.75, 3.05) is 17.2 Å². The van der Waals surface area contributed by atoms with Gasteiger partial charge in [-0.15, -0.1) is 11.8 Å². The Hall–Kier alpha value is -1.49. The van der Waals surface area contributed by atoms with E-state index in [0.29, 0.717) is 17.2 Å². The molecule has 1 saturated heterocycles. The van der Waals surface area contributed by atoms with Crippen molar-refractivity contribution in [1.29, 1.82) is 0 Å². The zero-order chi connectivity index (χ0) is 12.4. The lowest BCUT2D eigenvalue weighted by Gasteiger charge is -2.30. The van der Waals surface area contributed by atoms with Gasteiger partial charge in [0.05, 0.1) is 17.5 Å². The summed E-state index contributed by atoms with van der Waals surface area (Å²) in [5.41, 5.74) is 7.21. The Morgan fingerprint density at radius 2 is 1.71 bits per heavy atom. The third-order valence-corrected chi connectivity index (χ3v) is 3.70. The number of thioether (sulfide) groups is 1. The predicted molar refractivity (Wildman–Crippen MR) is 68.4 cm³/mol. The third kappa shape index (κ3) is 2.44. The molecule has 4 nitrogen and oxygen atoms in total. The summed E-state index contributed by atoms with van der Waals surface area (Å²) >= 11 is 1.37. The summed E-state index contributed by atoms with van der Waals surface area (Å²) in [6.07, 6.45) is 0. The molecule has 1 aliphatic rings. The molecule has 0 aliphatic carbocycles. The number of nitrogens with zero attached hydrogens (tertiary/aromatic N) is 1. The second kappa shape index (κ2) is 4.79. The first-order chi connectivity index (χ1) is 8.09. The van der Waals surface area contributed by atoms with Crippen LogP contribution in [0, 0.1) is 0 Å². The Morgan fingerprint density at radius 3 is 2.24 bits per heavy atom. The van der Waals surface area contributed by atoms with E-state index in [0.717, 1.165) is 5.56 Å². The maximum Gasteiger partial charge on any atom is 0.239 e. The number of carbonyl (C=O) groups is 2. The van der Waals surface area contributed by atoms with E-state index < -0.39 is 0 Å². The van der Waals surface area contributed by atoms with Crippen LogP contribution in [0.15, 0.2) is 24.3 Å². The maximum atomic E-state index is 11.7. The molecule has 1 fully saturated rings. The van der Waals surface area contributed by atoms with Crippen LogP contribution in [0.2, 0.25) is 0 Å². The lowest BCUT2D eigenvalue weighted by Crippen LogP contribution is -2.44. The topological polar surface area (TPSA) is 63.4 Å². The lowest BCUT2D eigenvalue weighted by molar-refractivity contribution is -0.144. The Bertz CT molecular complexity index is 428. The van der Waals surface area contributed by atoms with Crippen LogP contribution >= 0.6 is 11.8 Å². The van der Waals surface area contributed by atoms with Crippen LogP contribution in [0.3, 0.4) is 0 Å². The van der Waals surface area contributed by atoms with Crippen molar-refractivity contribution in [3.63, 3.8) is 0 Å². The summed E-state index contributed by atoms with van der Waals surface area (Å²) in [5, 5.41) is 0. The minimum absolute atomic E-state index is 0.115. The van der Waals surface area contributed by atoms with Gasteiger partial charge in [0.1, 0.15) is 0 Å². The summed E-state index contributed by atoms with van der Waals surface area (Å²) in [5.74, 6) is 0.530. The first kappa shape index (κ1) is 12.0. The molecule has 0 saturated carbocycles. The molecule has 2 N–H and O–H groups in total. The Kier molecular flexibility index (Phi) is 3.38. The highest BCUT2D eigenvalue weighted by Gasteiger charge is 2.31. The Morgan fingerprint density at radius 1 is 1.18 bits per heavy atom. The predicted octanol–water partition coefficient (Wildman–Crippen LogP) is 1.43. The van der Waals surface area contributed by atoms with Crippen molar-refractivity contribution in [2.24, 2.45) is 0 Å². The molecular formula is C12H14N2O2S. The smallest absolute Gasteiger partial charge is 0.239 e. The van der Waals surface area contributed by atoms with E-state index in [-0.39, 0.29) is 17.9 Å². The second-order valence-corrected chi connectivity index (χ2v) is 4.98. The van der Waals surface area contributed by atoms with Crippen LogP contribution in [0.4, 0.5) is 5.69 Å². The molecule has 1 aromatic rings. The van der Waals surface area contributed by atoms with Gasteiger partial charge >= 0.3 is 0 Å². The number of imide groups is 1. The maximum absolute atomic E-state index is 11.7. The van der Waals surface area contributed by atoms with Crippen LogP contribution in [-0.4, -0.2) is 28.2 Å². The fourth-order valence-corrected chi connectivity index (χ4v) is 2.59.